The van der Waals surface area contributed by atoms with E-state index in [0.29, 0.717) is 6.61 Å². The summed E-state index contributed by atoms with van der Waals surface area (Å²) in [7, 11) is 0. The highest BCUT2D eigenvalue weighted by molar-refractivity contribution is 9.09. The first kappa shape index (κ1) is 20.7. The molecule has 0 aliphatic heterocycles. The standard InChI is InChI=1S/C18H33BrO2/c1-18(20)21-17-15-13-11-9-7-5-3-2-4-6-8-10-12-14-16-19/h10,12H,2-9,11,13-17H2,1H3/b12-10-. The number of ether oxygens (including phenoxy) is 1. The van der Waals surface area contributed by atoms with Crippen LogP contribution in [0.25, 0.3) is 0 Å². The van der Waals surface area contributed by atoms with Gasteiger partial charge >= 0.3 is 5.97 Å². The van der Waals surface area contributed by atoms with E-state index in [0.717, 1.165) is 18.2 Å². The highest BCUT2D eigenvalue weighted by atomic mass is 79.9. The summed E-state index contributed by atoms with van der Waals surface area (Å²) in [5.41, 5.74) is 0. The molecule has 124 valence electrons. The van der Waals surface area contributed by atoms with E-state index in [1.165, 1.54) is 71.1 Å². The van der Waals surface area contributed by atoms with Crippen molar-refractivity contribution < 1.29 is 9.53 Å². The quantitative estimate of drug-likeness (QED) is 0.151. The number of carbonyl (C=O) groups excluding carboxylic acids is 1. The van der Waals surface area contributed by atoms with Gasteiger partial charge in [-0.15, -0.1) is 0 Å². The minimum atomic E-state index is -0.159. The van der Waals surface area contributed by atoms with Crippen molar-refractivity contribution in [2.75, 3.05) is 11.9 Å². The van der Waals surface area contributed by atoms with E-state index in [9.17, 15) is 4.79 Å². The molecule has 0 aromatic heterocycles. The zero-order chi connectivity index (χ0) is 15.6. The molecule has 0 aliphatic rings. The lowest BCUT2D eigenvalue weighted by molar-refractivity contribution is -0.141. The van der Waals surface area contributed by atoms with E-state index in [1.54, 1.807) is 0 Å². The largest absolute Gasteiger partial charge is 0.466 e. The summed E-state index contributed by atoms with van der Waals surface area (Å²) in [6, 6.07) is 0. The third-order valence-corrected chi connectivity index (χ3v) is 3.97. The van der Waals surface area contributed by atoms with Gasteiger partial charge in [-0.3, -0.25) is 4.79 Å². The number of allylic oxidation sites excluding steroid dienone is 2. The second-order valence-electron chi connectivity index (χ2n) is 5.61. The Hall–Kier alpha value is -0.310. The molecule has 2 nitrogen and oxygen atoms in total. The molecule has 0 bridgehead atoms. The number of alkyl halides is 1. The van der Waals surface area contributed by atoms with Gasteiger partial charge in [-0.05, 0) is 25.7 Å². The van der Waals surface area contributed by atoms with Crippen molar-refractivity contribution >= 4 is 21.9 Å². The van der Waals surface area contributed by atoms with Crippen molar-refractivity contribution in [2.45, 2.75) is 84.0 Å². The lowest BCUT2D eigenvalue weighted by atomic mass is 10.1. The highest BCUT2D eigenvalue weighted by Gasteiger charge is 1.95. The fourth-order valence-corrected chi connectivity index (χ4v) is 2.56. The molecule has 0 amide bonds. The van der Waals surface area contributed by atoms with Gasteiger partial charge in [0.15, 0.2) is 0 Å². The summed E-state index contributed by atoms with van der Waals surface area (Å²) < 4.78 is 4.91. The van der Waals surface area contributed by atoms with Crippen molar-refractivity contribution in [3.63, 3.8) is 0 Å². The van der Waals surface area contributed by atoms with Crippen LogP contribution in [0.15, 0.2) is 12.2 Å². The third kappa shape index (κ3) is 19.7. The van der Waals surface area contributed by atoms with Gasteiger partial charge in [0.25, 0.3) is 0 Å². The molecule has 0 fully saturated rings. The van der Waals surface area contributed by atoms with E-state index in [2.05, 4.69) is 28.1 Å². The van der Waals surface area contributed by atoms with Crippen LogP contribution in [0, 0.1) is 0 Å². The fourth-order valence-electron chi connectivity index (χ4n) is 2.29. The highest BCUT2D eigenvalue weighted by Crippen LogP contribution is 2.11. The maximum atomic E-state index is 10.6. The van der Waals surface area contributed by atoms with Crippen LogP contribution in [0.4, 0.5) is 0 Å². The number of halogens is 1. The molecule has 0 rings (SSSR count). The Morgan fingerprint density at radius 3 is 1.81 bits per heavy atom. The minimum absolute atomic E-state index is 0.159. The van der Waals surface area contributed by atoms with Crippen molar-refractivity contribution in [1.82, 2.24) is 0 Å². The predicted molar refractivity (Wildman–Crippen MR) is 95.0 cm³/mol. The van der Waals surface area contributed by atoms with E-state index >= 15 is 0 Å². The van der Waals surface area contributed by atoms with Gasteiger partial charge < -0.3 is 4.74 Å². The number of unbranched alkanes of at least 4 members (excludes halogenated alkanes) is 10. The van der Waals surface area contributed by atoms with Gasteiger partial charge in [-0.25, -0.2) is 0 Å². The normalized spacial score (nSPS) is 11.1. The van der Waals surface area contributed by atoms with Crippen LogP contribution in [0.5, 0.6) is 0 Å². The summed E-state index contributed by atoms with van der Waals surface area (Å²) in [5, 5.41) is 1.08. The zero-order valence-corrected chi connectivity index (χ0v) is 15.3. The van der Waals surface area contributed by atoms with Crippen molar-refractivity contribution in [1.29, 1.82) is 0 Å². The van der Waals surface area contributed by atoms with Crippen molar-refractivity contribution in [3.8, 4) is 0 Å². The third-order valence-electron chi connectivity index (χ3n) is 3.51. The molecule has 0 aliphatic carbocycles. The predicted octanol–water partition coefficient (Wildman–Crippen LogP) is 6.18. The number of hydrogen-bond donors (Lipinski definition) is 0. The van der Waals surface area contributed by atoms with Crippen molar-refractivity contribution in [3.05, 3.63) is 12.2 Å². The molecular formula is C18H33BrO2. The second-order valence-corrected chi connectivity index (χ2v) is 6.41. The second kappa shape index (κ2) is 17.7. The number of hydrogen-bond acceptors (Lipinski definition) is 2. The molecule has 0 saturated heterocycles. The van der Waals surface area contributed by atoms with E-state index in [1.807, 2.05) is 0 Å². The molecule has 0 heterocycles. The van der Waals surface area contributed by atoms with Crippen LogP contribution in [0.3, 0.4) is 0 Å². The summed E-state index contributed by atoms with van der Waals surface area (Å²) in [5.74, 6) is -0.159. The molecule has 0 aromatic rings. The number of rotatable bonds is 15. The molecule has 3 heteroatoms. The summed E-state index contributed by atoms with van der Waals surface area (Å²) >= 11 is 3.43. The van der Waals surface area contributed by atoms with E-state index in [-0.39, 0.29) is 5.97 Å². The van der Waals surface area contributed by atoms with Crippen molar-refractivity contribution in [2.24, 2.45) is 0 Å². The average Bonchev–Trinajstić information content (AvgIpc) is 2.46. The van der Waals surface area contributed by atoms with Gasteiger partial charge in [0.05, 0.1) is 6.61 Å². The molecule has 0 unspecified atom stereocenters. The van der Waals surface area contributed by atoms with E-state index < -0.39 is 0 Å². The van der Waals surface area contributed by atoms with Gasteiger partial charge in [0, 0.05) is 12.3 Å². The fraction of sp³-hybridized carbons (Fsp3) is 0.833. The van der Waals surface area contributed by atoms with Crippen LogP contribution < -0.4 is 0 Å². The maximum absolute atomic E-state index is 10.6. The molecule has 0 aromatic carbocycles. The van der Waals surface area contributed by atoms with Gasteiger partial charge in [0.2, 0.25) is 0 Å². The summed E-state index contributed by atoms with van der Waals surface area (Å²) in [4.78, 5) is 10.6. The molecule has 0 atom stereocenters. The van der Waals surface area contributed by atoms with Gasteiger partial charge in [0.1, 0.15) is 0 Å². The first-order valence-electron chi connectivity index (χ1n) is 8.61. The topological polar surface area (TPSA) is 26.3 Å². The Kier molecular flexibility index (Phi) is 17.5. The number of esters is 1. The Bertz CT molecular complexity index is 252. The molecule has 21 heavy (non-hydrogen) atoms. The molecule has 0 spiro atoms. The minimum Gasteiger partial charge on any atom is -0.466 e. The van der Waals surface area contributed by atoms with Crippen LogP contribution in [-0.2, 0) is 9.53 Å². The smallest absolute Gasteiger partial charge is 0.302 e. The monoisotopic (exact) mass is 360 g/mol. The van der Waals surface area contributed by atoms with Gasteiger partial charge in [-0.2, -0.15) is 0 Å². The van der Waals surface area contributed by atoms with Gasteiger partial charge in [-0.1, -0.05) is 79.4 Å². The Balaban J connectivity index is 3.01. The first-order chi connectivity index (χ1) is 10.3. The lowest BCUT2D eigenvalue weighted by Gasteiger charge is -2.03. The summed E-state index contributed by atoms with van der Waals surface area (Å²) in [6.45, 7) is 2.07. The average molecular weight is 361 g/mol. The molecule has 0 radical (unpaired) electrons. The van der Waals surface area contributed by atoms with Crippen LogP contribution in [0.1, 0.15) is 84.0 Å². The Morgan fingerprint density at radius 1 is 0.810 bits per heavy atom. The Labute approximate surface area is 139 Å². The van der Waals surface area contributed by atoms with Crippen LogP contribution in [-0.4, -0.2) is 17.9 Å². The zero-order valence-electron chi connectivity index (χ0n) is 13.7. The Morgan fingerprint density at radius 2 is 1.29 bits per heavy atom. The van der Waals surface area contributed by atoms with Crippen LogP contribution >= 0.6 is 15.9 Å². The lowest BCUT2D eigenvalue weighted by Crippen LogP contribution is -2.00. The molecular weight excluding hydrogens is 328 g/mol. The summed E-state index contributed by atoms with van der Waals surface area (Å²) in [6.07, 6.45) is 20.0. The first-order valence-corrected chi connectivity index (χ1v) is 9.74. The molecule has 0 saturated carbocycles. The number of carbonyl (C=O) groups is 1. The molecule has 0 N–H and O–H groups in total. The van der Waals surface area contributed by atoms with Crippen LogP contribution in [0.2, 0.25) is 0 Å². The van der Waals surface area contributed by atoms with E-state index in [4.69, 9.17) is 4.74 Å². The maximum Gasteiger partial charge on any atom is 0.302 e. The SMILES string of the molecule is CC(=O)OCCCCCCCCCCCC/C=C\CCBr.